The van der Waals surface area contributed by atoms with Crippen LogP contribution in [0.1, 0.15) is 12.8 Å². The highest BCUT2D eigenvalue weighted by Gasteiger charge is 2.38. The Morgan fingerprint density at radius 2 is 2.12 bits per heavy atom. The molecule has 0 bridgehead atoms. The maximum Gasteiger partial charge on any atom is 0.405 e. The Balaban J connectivity index is 2.19. The molecule has 1 aliphatic carbocycles. The van der Waals surface area contributed by atoms with Gasteiger partial charge < -0.3 is 10.6 Å². The maximum atomic E-state index is 12.4. The van der Waals surface area contributed by atoms with Gasteiger partial charge in [-0.05, 0) is 18.9 Å². The van der Waals surface area contributed by atoms with Crippen LogP contribution in [-0.4, -0.2) is 28.7 Å². The molecule has 7 heteroatoms. The second-order valence-electron chi connectivity index (χ2n) is 3.75. The summed E-state index contributed by atoms with van der Waals surface area (Å²) in [6.45, 7) is -0.992. The number of anilines is 2. The monoisotopic (exact) mass is 232 g/mol. The van der Waals surface area contributed by atoms with Crippen molar-refractivity contribution in [2.45, 2.75) is 25.1 Å². The number of halogens is 3. The molecule has 0 aromatic carbocycles. The van der Waals surface area contributed by atoms with Gasteiger partial charge in [0.15, 0.2) is 0 Å². The van der Waals surface area contributed by atoms with Gasteiger partial charge >= 0.3 is 6.18 Å². The third-order valence-corrected chi connectivity index (χ3v) is 2.29. The molecule has 1 aromatic rings. The molecule has 1 saturated carbocycles. The lowest BCUT2D eigenvalue weighted by Crippen LogP contribution is -2.36. The van der Waals surface area contributed by atoms with E-state index in [9.17, 15) is 13.2 Å². The van der Waals surface area contributed by atoms with Crippen LogP contribution in [0.15, 0.2) is 12.3 Å². The first-order chi connectivity index (χ1) is 7.46. The molecule has 2 rings (SSSR count). The van der Waals surface area contributed by atoms with E-state index in [1.807, 2.05) is 0 Å². The van der Waals surface area contributed by atoms with Crippen LogP contribution < -0.4 is 10.6 Å². The van der Waals surface area contributed by atoms with Crippen LogP contribution in [0.2, 0.25) is 0 Å². The largest absolute Gasteiger partial charge is 0.405 e. The van der Waals surface area contributed by atoms with Crippen molar-refractivity contribution in [3.8, 4) is 0 Å². The first-order valence-corrected chi connectivity index (χ1v) is 4.87. The zero-order valence-electron chi connectivity index (χ0n) is 8.41. The summed E-state index contributed by atoms with van der Waals surface area (Å²) in [6, 6.07) is 1.37. The van der Waals surface area contributed by atoms with Gasteiger partial charge in [0, 0.05) is 12.2 Å². The number of rotatable bonds is 3. The molecule has 16 heavy (non-hydrogen) atoms. The van der Waals surface area contributed by atoms with Gasteiger partial charge in [-0.2, -0.15) is 18.2 Å². The topological polar surface area (TPSA) is 55.0 Å². The van der Waals surface area contributed by atoms with Crippen molar-refractivity contribution in [2.75, 3.05) is 17.2 Å². The van der Waals surface area contributed by atoms with Gasteiger partial charge in [0.25, 0.3) is 0 Å². The summed E-state index contributed by atoms with van der Waals surface area (Å²) in [4.78, 5) is 8.70. The molecular formula is C9H11F3N4. The van der Waals surface area contributed by atoms with Crippen LogP contribution in [0.3, 0.4) is 0 Å². The fraction of sp³-hybridized carbons (Fsp3) is 0.556. The SMILES string of the molecule is Nc1nccc(N(CC(F)(F)F)C2CC2)n1. The first kappa shape index (κ1) is 11.0. The van der Waals surface area contributed by atoms with E-state index in [0.29, 0.717) is 0 Å². The molecule has 0 unspecified atom stereocenters. The second-order valence-corrected chi connectivity index (χ2v) is 3.75. The molecule has 2 N–H and O–H groups in total. The van der Waals surface area contributed by atoms with Crippen molar-refractivity contribution in [3.05, 3.63) is 12.3 Å². The van der Waals surface area contributed by atoms with Gasteiger partial charge in [0.2, 0.25) is 5.95 Å². The molecule has 0 atom stereocenters. The average Bonchev–Trinajstić information content (AvgIpc) is 2.96. The molecular weight excluding hydrogens is 221 g/mol. The minimum atomic E-state index is -4.23. The molecule has 0 spiro atoms. The Labute approximate surface area is 90.3 Å². The van der Waals surface area contributed by atoms with Crippen LogP contribution >= 0.6 is 0 Å². The highest BCUT2D eigenvalue weighted by Crippen LogP contribution is 2.33. The summed E-state index contributed by atoms with van der Waals surface area (Å²) < 4.78 is 37.1. The van der Waals surface area contributed by atoms with Gasteiger partial charge in [-0.25, -0.2) is 4.98 Å². The summed E-state index contributed by atoms with van der Waals surface area (Å²) in [5.74, 6) is 0.234. The number of aromatic nitrogens is 2. The quantitative estimate of drug-likeness (QED) is 0.859. The molecule has 0 radical (unpaired) electrons. The average molecular weight is 232 g/mol. The van der Waals surface area contributed by atoms with E-state index in [1.165, 1.54) is 17.2 Å². The van der Waals surface area contributed by atoms with Crippen LogP contribution in [0.5, 0.6) is 0 Å². The number of hydrogen-bond donors (Lipinski definition) is 1. The Hall–Kier alpha value is -1.53. The number of alkyl halides is 3. The fourth-order valence-corrected chi connectivity index (χ4v) is 1.50. The van der Waals surface area contributed by atoms with Crippen LogP contribution in [0.25, 0.3) is 0 Å². The molecule has 4 nitrogen and oxygen atoms in total. The van der Waals surface area contributed by atoms with Crippen molar-refractivity contribution in [1.82, 2.24) is 9.97 Å². The lowest BCUT2D eigenvalue weighted by Gasteiger charge is -2.24. The summed E-state index contributed by atoms with van der Waals surface area (Å²) in [5, 5.41) is 0. The lowest BCUT2D eigenvalue weighted by atomic mass is 10.4. The molecule has 1 aliphatic rings. The molecule has 0 aliphatic heterocycles. The van der Waals surface area contributed by atoms with E-state index in [2.05, 4.69) is 9.97 Å². The summed E-state index contributed by atoms with van der Waals surface area (Å²) in [6.07, 6.45) is -1.34. The molecule has 88 valence electrons. The second kappa shape index (κ2) is 3.80. The van der Waals surface area contributed by atoms with E-state index in [0.717, 1.165) is 12.8 Å². The normalized spacial score (nSPS) is 16.2. The van der Waals surface area contributed by atoms with E-state index < -0.39 is 12.7 Å². The van der Waals surface area contributed by atoms with Crippen molar-refractivity contribution < 1.29 is 13.2 Å². The number of nitrogens with zero attached hydrogens (tertiary/aromatic N) is 3. The fourth-order valence-electron chi connectivity index (χ4n) is 1.50. The van der Waals surface area contributed by atoms with E-state index in [1.54, 1.807) is 0 Å². The number of nitrogens with two attached hydrogens (primary N) is 1. The predicted molar refractivity (Wildman–Crippen MR) is 52.9 cm³/mol. The van der Waals surface area contributed by atoms with Gasteiger partial charge in [-0.3, -0.25) is 0 Å². The summed E-state index contributed by atoms with van der Waals surface area (Å²) in [5.41, 5.74) is 5.35. The standard InChI is InChI=1S/C9H11F3N4/c10-9(11,12)5-16(6-1-2-6)7-3-4-14-8(13)15-7/h3-4,6H,1-2,5H2,(H2,13,14,15). The van der Waals surface area contributed by atoms with Crippen LogP contribution in [-0.2, 0) is 0 Å². The van der Waals surface area contributed by atoms with E-state index in [-0.39, 0.29) is 17.8 Å². The highest BCUT2D eigenvalue weighted by molar-refractivity contribution is 5.43. The van der Waals surface area contributed by atoms with E-state index in [4.69, 9.17) is 5.73 Å². The smallest absolute Gasteiger partial charge is 0.368 e. The van der Waals surface area contributed by atoms with Gasteiger partial charge in [-0.1, -0.05) is 0 Å². The Bertz CT molecular complexity index is 375. The summed E-state index contributed by atoms with van der Waals surface area (Å²) in [7, 11) is 0. The molecule has 1 aromatic heterocycles. The Morgan fingerprint density at radius 1 is 1.44 bits per heavy atom. The van der Waals surface area contributed by atoms with E-state index >= 15 is 0 Å². The van der Waals surface area contributed by atoms with Gasteiger partial charge in [-0.15, -0.1) is 0 Å². The lowest BCUT2D eigenvalue weighted by molar-refractivity contribution is -0.120. The molecule has 0 amide bonds. The Kier molecular flexibility index (Phi) is 2.61. The minimum Gasteiger partial charge on any atom is -0.368 e. The third kappa shape index (κ3) is 2.74. The Morgan fingerprint density at radius 3 is 2.62 bits per heavy atom. The van der Waals surface area contributed by atoms with Crippen molar-refractivity contribution in [2.24, 2.45) is 0 Å². The highest BCUT2D eigenvalue weighted by atomic mass is 19.4. The van der Waals surface area contributed by atoms with Crippen molar-refractivity contribution >= 4 is 11.8 Å². The van der Waals surface area contributed by atoms with Crippen LogP contribution in [0, 0.1) is 0 Å². The molecule has 1 heterocycles. The van der Waals surface area contributed by atoms with Crippen LogP contribution in [0.4, 0.5) is 24.9 Å². The zero-order chi connectivity index (χ0) is 11.8. The number of nitrogen functional groups attached to an aromatic ring is 1. The molecule has 1 fully saturated rings. The zero-order valence-corrected chi connectivity index (χ0v) is 8.41. The third-order valence-electron chi connectivity index (χ3n) is 2.29. The van der Waals surface area contributed by atoms with Crippen molar-refractivity contribution in [1.29, 1.82) is 0 Å². The summed E-state index contributed by atoms with van der Waals surface area (Å²) >= 11 is 0. The van der Waals surface area contributed by atoms with Crippen molar-refractivity contribution in [3.63, 3.8) is 0 Å². The number of hydrogen-bond acceptors (Lipinski definition) is 4. The molecule has 0 saturated heterocycles. The minimum absolute atomic E-state index is 0.00896. The first-order valence-electron chi connectivity index (χ1n) is 4.87. The predicted octanol–water partition coefficient (Wildman–Crippen LogP) is 1.59. The van der Waals surface area contributed by atoms with Gasteiger partial charge in [0.1, 0.15) is 12.4 Å². The van der Waals surface area contributed by atoms with Gasteiger partial charge in [0.05, 0.1) is 0 Å². The maximum absolute atomic E-state index is 12.4.